The van der Waals surface area contributed by atoms with E-state index in [1.165, 1.54) is 25.7 Å². The zero-order valence-electron chi connectivity index (χ0n) is 12.4. The van der Waals surface area contributed by atoms with Gasteiger partial charge in [0, 0.05) is 12.3 Å². The molecule has 0 aromatic rings. The molecule has 0 aromatic heterocycles. The predicted octanol–water partition coefficient (Wildman–Crippen LogP) is 4.31. The van der Waals surface area contributed by atoms with E-state index in [0.29, 0.717) is 17.1 Å². The van der Waals surface area contributed by atoms with Crippen LogP contribution in [-0.2, 0) is 4.79 Å². The van der Waals surface area contributed by atoms with Crippen LogP contribution in [0.2, 0.25) is 0 Å². The normalized spacial score (nSPS) is 50.8. The zero-order valence-corrected chi connectivity index (χ0v) is 12.4. The SMILES string of the molecule is CC1CC(C2CC3CC2C(C)C3(C)C)CCC1=O. The Kier molecular flexibility index (Phi) is 2.88. The van der Waals surface area contributed by atoms with Crippen LogP contribution < -0.4 is 0 Å². The summed E-state index contributed by atoms with van der Waals surface area (Å²) in [5, 5.41) is 0. The van der Waals surface area contributed by atoms with Gasteiger partial charge < -0.3 is 0 Å². The van der Waals surface area contributed by atoms with Crippen molar-refractivity contribution in [3.05, 3.63) is 0 Å². The van der Waals surface area contributed by atoms with Crippen molar-refractivity contribution in [3.63, 3.8) is 0 Å². The van der Waals surface area contributed by atoms with E-state index in [1.807, 2.05) is 0 Å². The van der Waals surface area contributed by atoms with E-state index in [0.717, 1.165) is 36.0 Å². The Bertz CT molecular complexity index is 353. The molecule has 2 bridgehead atoms. The average Bonchev–Trinajstić information content (AvgIpc) is 2.83. The van der Waals surface area contributed by atoms with Crippen molar-refractivity contribution in [2.45, 2.75) is 59.8 Å². The summed E-state index contributed by atoms with van der Waals surface area (Å²) in [6, 6.07) is 0. The van der Waals surface area contributed by atoms with Crippen molar-refractivity contribution in [1.82, 2.24) is 0 Å². The molecule has 3 aliphatic carbocycles. The molecule has 3 fully saturated rings. The molecule has 3 rings (SSSR count). The maximum Gasteiger partial charge on any atom is 0.135 e. The first kappa shape index (κ1) is 12.7. The summed E-state index contributed by atoms with van der Waals surface area (Å²) in [4.78, 5) is 11.7. The van der Waals surface area contributed by atoms with E-state index in [9.17, 15) is 4.79 Å². The topological polar surface area (TPSA) is 17.1 Å². The third-order valence-electron chi connectivity index (χ3n) is 7.10. The summed E-state index contributed by atoms with van der Waals surface area (Å²) >= 11 is 0. The van der Waals surface area contributed by atoms with Crippen molar-refractivity contribution in [2.24, 2.45) is 40.9 Å². The molecule has 0 amide bonds. The largest absolute Gasteiger partial charge is 0.299 e. The molecule has 3 aliphatic rings. The highest BCUT2D eigenvalue weighted by Gasteiger charge is 2.56. The predicted molar refractivity (Wildman–Crippen MR) is 74.2 cm³/mol. The van der Waals surface area contributed by atoms with Gasteiger partial charge in [0.2, 0.25) is 0 Å². The molecule has 0 heterocycles. The van der Waals surface area contributed by atoms with E-state index in [2.05, 4.69) is 27.7 Å². The van der Waals surface area contributed by atoms with E-state index in [4.69, 9.17) is 0 Å². The van der Waals surface area contributed by atoms with Crippen molar-refractivity contribution >= 4 is 5.78 Å². The number of carbonyl (C=O) groups excluding carboxylic acids is 1. The molecule has 0 spiro atoms. The van der Waals surface area contributed by atoms with Gasteiger partial charge in [-0.2, -0.15) is 0 Å². The summed E-state index contributed by atoms with van der Waals surface area (Å²) in [7, 11) is 0. The molecule has 102 valence electrons. The van der Waals surface area contributed by atoms with Crippen LogP contribution in [0.4, 0.5) is 0 Å². The number of hydrogen-bond donors (Lipinski definition) is 0. The summed E-state index contributed by atoms with van der Waals surface area (Å²) in [5.41, 5.74) is 0.567. The Morgan fingerprint density at radius 3 is 2.28 bits per heavy atom. The lowest BCUT2D eigenvalue weighted by Crippen LogP contribution is -2.38. The number of carbonyl (C=O) groups is 1. The van der Waals surface area contributed by atoms with Crippen molar-refractivity contribution in [3.8, 4) is 0 Å². The summed E-state index contributed by atoms with van der Waals surface area (Å²) in [5.74, 6) is 5.44. The maximum absolute atomic E-state index is 11.7. The van der Waals surface area contributed by atoms with Crippen LogP contribution in [0.25, 0.3) is 0 Å². The van der Waals surface area contributed by atoms with Gasteiger partial charge in [-0.05, 0) is 60.7 Å². The maximum atomic E-state index is 11.7. The quantitative estimate of drug-likeness (QED) is 0.676. The van der Waals surface area contributed by atoms with Crippen molar-refractivity contribution in [1.29, 1.82) is 0 Å². The molecule has 6 atom stereocenters. The Hall–Kier alpha value is -0.330. The van der Waals surface area contributed by atoms with Gasteiger partial charge in [-0.1, -0.05) is 27.7 Å². The molecule has 6 unspecified atom stereocenters. The second kappa shape index (κ2) is 4.08. The van der Waals surface area contributed by atoms with Crippen LogP contribution >= 0.6 is 0 Å². The Morgan fingerprint density at radius 2 is 1.72 bits per heavy atom. The second-order valence-electron chi connectivity index (χ2n) is 8.01. The lowest BCUT2D eigenvalue weighted by molar-refractivity contribution is -0.125. The van der Waals surface area contributed by atoms with Gasteiger partial charge in [-0.3, -0.25) is 4.79 Å². The molecular formula is C17H28O. The van der Waals surface area contributed by atoms with Gasteiger partial charge in [0.25, 0.3) is 0 Å². The zero-order chi connectivity index (χ0) is 13.1. The summed E-state index contributed by atoms with van der Waals surface area (Å²) in [6.45, 7) is 9.58. The standard InChI is InChI=1S/C17H28O/c1-10-7-12(5-6-16(10)18)15-9-13-8-14(15)11(2)17(13,3)4/h10-15H,5-9H2,1-4H3. The Labute approximate surface area is 112 Å². The van der Waals surface area contributed by atoms with Gasteiger partial charge in [-0.25, -0.2) is 0 Å². The van der Waals surface area contributed by atoms with Crippen LogP contribution in [0.1, 0.15) is 59.8 Å². The fourth-order valence-corrected chi connectivity index (χ4v) is 5.42. The van der Waals surface area contributed by atoms with Gasteiger partial charge in [-0.15, -0.1) is 0 Å². The van der Waals surface area contributed by atoms with Crippen LogP contribution in [-0.4, -0.2) is 5.78 Å². The number of rotatable bonds is 1. The third-order valence-corrected chi connectivity index (χ3v) is 7.10. The highest BCUT2D eigenvalue weighted by atomic mass is 16.1. The minimum absolute atomic E-state index is 0.339. The molecule has 0 aromatic carbocycles. The third kappa shape index (κ3) is 1.69. The molecule has 0 radical (unpaired) electrons. The lowest BCUT2D eigenvalue weighted by Gasteiger charge is -2.44. The van der Waals surface area contributed by atoms with E-state index in [-0.39, 0.29) is 0 Å². The number of hydrogen-bond acceptors (Lipinski definition) is 1. The molecule has 1 heteroatoms. The van der Waals surface area contributed by atoms with Gasteiger partial charge in [0.05, 0.1) is 0 Å². The number of Topliss-reactive ketones (excluding diaryl/α,β-unsaturated/α-hetero) is 1. The van der Waals surface area contributed by atoms with Crippen LogP contribution in [0, 0.1) is 40.9 Å². The van der Waals surface area contributed by atoms with Crippen LogP contribution in [0.5, 0.6) is 0 Å². The molecule has 0 N–H and O–H groups in total. The molecule has 0 saturated heterocycles. The van der Waals surface area contributed by atoms with Crippen LogP contribution in [0.15, 0.2) is 0 Å². The van der Waals surface area contributed by atoms with Gasteiger partial charge in [0.15, 0.2) is 0 Å². The van der Waals surface area contributed by atoms with E-state index in [1.54, 1.807) is 0 Å². The Balaban J connectivity index is 1.72. The number of ketones is 1. The first-order chi connectivity index (χ1) is 8.41. The average molecular weight is 248 g/mol. The Morgan fingerprint density at radius 1 is 1.06 bits per heavy atom. The highest BCUT2D eigenvalue weighted by molar-refractivity contribution is 5.81. The monoisotopic (exact) mass is 248 g/mol. The molecule has 1 nitrogen and oxygen atoms in total. The summed E-state index contributed by atoms with van der Waals surface area (Å²) < 4.78 is 0. The fraction of sp³-hybridized carbons (Fsp3) is 0.941. The first-order valence-corrected chi connectivity index (χ1v) is 7.94. The lowest BCUT2D eigenvalue weighted by atomic mass is 9.61. The summed E-state index contributed by atoms with van der Waals surface area (Å²) in [6.07, 6.45) is 6.15. The van der Waals surface area contributed by atoms with E-state index < -0.39 is 0 Å². The first-order valence-electron chi connectivity index (χ1n) is 7.94. The van der Waals surface area contributed by atoms with Crippen LogP contribution in [0.3, 0.4) is 0 Å². The van der Waals surface area contributed by atoms with E-state index >= 15 is 0 Å². The smallest absolute Gasteiger partial charge is 0.135 e. The van der Waals surface area contributed by atoms with Gasteiger partial charge in [0.1, 0.15) is 5.78 Å². The molecule has 3 saturated carbocycles. The molecule has 18 heavy (non-hydrogen) atoms. The second-order valence-corrected chi connectivity index (χ2v) is 8.01. The fourth-order valence-electron chi connectivity index (χ4n) is 5.42. The van der Waals surface area contributed by atoms with Crippen molar-refractivity contribution < 1.29 is 4.79 Å². The number of fused-ring (bicyclic) bond motifs is 2. The minimum Gasteiger partial charge on any atom is -0.299 e. The minimum atomic E-state index is 0.339. The van der Waals surface area contributed by atoms with Gasteiger partial charge >= 0.3 is 0 Å². The highest BCUT2D eigenvalue weighted by Crippen LogP contribution is 2.63. The molecular weight excluding hydrogens is 220 g/mol. The molecule has 0 aliphatic heterocycles. The van der Waals surface area contributed by atoms with Crippen molar-refractivity contribution in [2.75, 3.05) is 0 Å².